The second-order valence-corrected chi connectivity index (χ2v) is 4.25. The Morgan fingerprint density at radius 1 is 1.21 bits per heavy atom. The average molecular weight is 264 g/mol. The largest absolute Gasteiger partial charge is 0.393 e. The Balaban J connectivity index is 2.22. The highest BCUT2D eigenvalue weighted by Crippen LogP contribution is 1.97. The summed E-state index contributed by atoms with van der Waals surface area (Å²) in [6, 6.07) is 8.72. The van der Waals surface area contributed by atoms with Gasteiger partial charge < -0.3 is 15.7 Å². The molecule has 0 radical (unpaired) electrons. The molecule has 0 aliphatic heterocycles. The van der Waals surface area contributed by atoms with Gasteiger partial charge in [-0.1, -0.05) is 25.1 Å². The van der Waals surface area contributed by atoms with Crippen molar-refractivity contribution in [2.75, 3.05) is 13.1 Å². The minimum atomic E-state index is -0.390. The maximum atomic E-state index is 11.6. The predicted octanol–water partition coefficient (Wildman–Crippen LogP) is 0.694. The first kappa shape index (κ1) is 15.2. The molecule has 2 amide bonds. The SMILES string of the molecule is CCC(O)CCNC(=O)CNC(=O)c1ccccc1. The summed E-state index contributed by atoms with van der Waals surface area (Å²) in [5, 5.41) is 14.5. The lowest BCUT2D eigenvalue weighted by molar-refractivity contribution is -0.120. The zero-order valence-corrected chi connectivity index (χ0v) is 11.1. The van der Waals surface area contributed by atoms with E-state index >= 15 is 0 Å². The van der Waals surface area contributed by atoms with Crippen molar-refractivity contribution in [3.63, 3.8) is 0 Å². The van der Waals surface area contributed by atoms with E-state index in [2.05, 4.69) is 10.6 Å². The van der Waals surface area contributed by atoms with Gasteiger partial charge in [0.25, 0.3) is 5.91 Å². The van der Waals surface area contributed by atoms with E-state index < -0.39 is 0 Å². The van der Waals surface area contributed by atoms with Crippen molar-refractivity contribution in [1.82, 2.24) is 10.6 Å². The minimum Gasteiger partial charge on any atom is -0.393 e. The Bertz CT molecular complexity index is 406. The molecule has 0 saturated heterocycles. The van der Waals surface area contributed by atoms with Gasteiger partial charge in [-0.2, -0.15) is 0 Å². The lowest BCUT2D eigenvalue weighted by Crippen LogP contribution is -2.37. The molecule has 0 spiro atoms. The average Bonchev–Trinajstić information content (AvgIpc) is 2.45. The van der Waals surface area contributed by atoms with Crippen molar-refractivity contribution >= 4 is 11.8 Å². The third-order valence-electron chi connectivity index (χ3n) is 2.72. The van der Waals surface area contributed by atoms with Crippen molar-refractivity contribution in [3.8, 4) is 0 Å². The van der Waals surface area contributed by atoms with E-state index in [4.69, 9.17) is 0 Å². The van der Waals surface area contributed by atoms with Crippen LogP contribution in [0.1, 0.15) is 30.1 Å². The summed E-state index contributed by atoms with van der Waals surface area (Å²) in [7, 11) is 0. The summed E-state index contributed by atoms with van der Waals surface area (Å²) in [6.45, 7) is 2.23. The smallest absolute Gasteiger partial charge is 0.251 e. The molecule has 104 valence electrons. The quantitative estimate of drug-likeness (QED) is 0.678. The summed E-state index contributed by atoms with van der Waals surface area (Å²) in [4.78, 5) is 23.1. The predicted molar refractivity (Wildman–Crippen MR) is 72.7 cm³/mol. The summed E-state index contributed by atoms with van der Waals surface area (Å²) < 4.78 is 0. The molecule has 0 bridgehead atoms. The molecule has 0 saturated carbocycles. The molecule has 0 fully saturated rings. The Morgan fingerprint density at radius 3 is 2.53 bits per heavy atom. The molecule has 1 rings (SSSR count). The van der Waals surface area contributed by atoms with Crippen LogP contribution in [0.5, 0.6) is 0 Å². The number of hydrogen-bond donors (Lipinski definition) is 3. The normalized spacial score (nSPS) is 11.7. The lowest BCUT2D eigenvalue weighted by atomic mass is 10.2. The highest BCUT2D eigenvalue weighted by Gasteiger charge is 2.07. The van der Waals surface area contributed by atoms with E-state index in [1.54, 1.807) is 24.3 Å². The molecule has 0 heterocycles. The number of aliphatic hydroxyl groups is 1. The van der Waals surface area contributed by atoms with Gasteiger partial charge in [0.05, 0.1) is 12.6 Å². The highest BCUT2D eigenvalue weighted by atomic mass is 16.3. The zero-order chi connectivity index (χ0) is 14.1. The van der Waals surface area contributed by atoms with Crippen LogP contribution in [0.3, 0.4) is 0 Å². The molecule has 5 nitrogen and oxygen atoms in total. The van der Waals surface area contributed by atoms with Gasteiger partial charge in [-0.15, -0.1) is 0 Å². The number of rotatable bonds is 7. The molecule has 3 N–H and O–H groups in total. The standard InChI is InChI=1S/C14H20N2O3/c1-2-12(17)8-9-15-13(18)10-16-14(19)11-6-4-3-5-7-11/h3-7,12,17H,2,8-10H2,1H3,(H,15,18)(H,16,19). The van der Waals surface area contributed by atoms with Gasteiger partial charge in [-0.3, -0.25) is 9.59 Å². The van der Waals surface area contributed by atoms with E-state index in [1.165, 1.54) is 0 Å². The van der Waals surface area contributed by atoms with Crippen molar-refractivity contribution in [1.29, 1.82) is 0 Å². The first-order valence-corrected chi connectivity index (χ1v) is 6.41. The molecule has 5 heteroatoms. The lowest BCUT2D eigenvalue weighted by Gasteiger charge is -2.09. The van der Waals surface area contributed by atoms with Crippen molar-refractivity contribution in [3.05, 3.63) is 35.9 Å². The fraction of sp³-hybridized carbons (Fsp3) is 0.429. The second-order valence-electron chi connectivity index (χ2n) is 4.25. The van der Waals surface area contributed by atoms with E-state index in [0.717, 1.165) is 0 Å². The van der Waals surface area contributed by atoms with Gasteiger partial charge in [-0.25, -0.2) is 0 Å². The summed E-state index contributed by atoms with van der Waals surface area (Å²) in [6.07, 6.45) is 0.800. The Hall–Kier alpha value is -1.88. The number of amides is 2. The van der Waals surface area contributed by atoms with Crippen LogP contribution in [-0.4, -0.2) is 36.1 Å². The number of nitrogens with one attached hydrogen (secondary N) is 2. The number of carbonyl (C=O) groups is 2. The van der Waals surface area contributed by atoms with Crippen molar-refractivity contribution in [2.24, 2.45) is 0 Å². The molecule has 1 aromatic carbocycles. The molecule has 1 aromatic rings. The third-order valence-corrected chi connectivity index (χ3v) is 2.72. The number of aliphatic hydroxyl groups excluding tert-OH is 1. The summed E-state index contributed by atoms with van der Waals surface area (Å²) >= 11 is 0. The molecule has 1 atom stereocenters. The maximum absolute atomic E-state index is 11.6. The Kier molecular flexibility index (Phi) is 6.60. The van der Waals surface area contributed by atoms with Gasteiger partial charge in [-0.05, 0) is 25.0 Å². The van der Waals surface area contributed by atoms with Gasteiger partial charge in [0, 0.05) is 12.1 Å². The number of carbonyl (C=O) groups excluding carboxylic acids is 2. The van der Waals surface area contributed by atoms with Gasteiger partial charge in [0.1, 0.15) is 0 Å². The zero-order valence-electron chi connectivity index (χ0n) is 11.1. The van der Waals surface area contributed by atoms with Crippen LogP contribution >= 0.6 is 0 Å². The topological polar surface area (TPSA) is 78.4 Å². The number of benzene rings is 1. The van der Waals surface area contributed by atoms with E-state index in [9.17, 15) is 14.7 Å². The van der Waals surface area contributed by atoms with E-state index in [-0.39, 0.29) is 24.5 Å². The van der Waals surface area contributed by atoms with Crippen LogP contribution in [0.15, 0.2) is 30.3 Å². The molecule has 0 aliphatic carbocycles. The van der Waals surface area contributed by atoms with Crippen molar-refractivity contribution in [2.45, 2.75) is 25.9 Å². The first-order valence-electron chi connectivity index (χ1n) is 6.41. The molecule has 0 aliphatic rings. The van der Waals surface area contributed by atoms with Gasteiger partial charge in [0.15, 0.2) is 0 Å². The monoisotopic (exact) mass is 264 g/mol. The van der Waals surface area contributed by atoms with Crippen LogP contribution in [0.4, 0.5) is 0 Å². The maximum Gasteiger partial charge on any atom is 0.251 e. The second kappa shape index (κ2) is 8.26. The van der Waals surface area contributed by atoms with Crippen LogP contribution in [-0.2, 0) is 4.79 Å². The first-order chi connectivity index (χ1) is 9.13. The molecule has 19 heavy (non-hydrogen) atoms. The van der Waals surface area contributed by atoms with Crippen LogP contribution in [0.25, 0.3) is 0 Å². The summed E-state index contributed by atoms with van der Waals surface area (Å²) in [5.41, 5.74) is 0.525. The summed E-state index contributed by atoms with van der Waals surface area (Å²) in [5.74, 6) is -0.531. The minimum absolute atomic E-state index is 0.0596. The van der Waals surface area contributed by atoms with E-state index in [0.29, 0.717) is 24.9 Å². The fourth-order valence-corrected chi connectivity index (χ4v) is 1.50. The van der Waals surface area contributed by atoms with Gasteiger partial charge in [0.2, 0.25) is 5.91 Å². The third kappa shape index (κ3) is 6.01. The number of hydrogen-bond acceptors (Lipinski definition) is 3. The van der Waals surface area contributed by atoms with Crippen molar-refractivity contribution < 1.29 is 14.7 Å². The van der Waals surface area contributed by atoms with Crippen LogP contribution in [0, 0.1) is 0 Å². The molecular formula is C14H20N2O3. The highest BCUT2D eigenvalue weighted by molar-refractivity contribution is 5.96. The van der Waals surface area contributed by atoms with Crippen LogP contribution in [0.2, 0.25) is 0 Å². The Labute approximate surface area is 113 Å². The molecular weight excluding hydrogens is 244 g/mol. The molecule has 1 unspecified atom stereocenters. The van der Waals surface area contributed by atoms with Gasteiger partial charge >= 0.3 is 0 Å². The Morgan fingerprint density at radius 2 is 1.89 bits per heavy atom. The fourth-order valence-electron chi connectivity index (χ4n) is 1.50. The molecule has 0 aromatic heterocycles. The van der Waals surface area contributed by atoms with Crippen LogP contribution < -0.4 is 10.6 Å². The van der Waals surface area contributed by atoms with E-state index in [1.807, 2.05) is 13.0 Å².